The molecule has 0 amide bonds. The molecule has 0 heterocycles. The van der Waals surface area contributed by atoms with Gasteiger partial charge in [0.05, 0.1) is 19.1 Å². The average Bonchev–Trinajstić information content (AvgIpc) is 2.00. The van der Waals surface area contributed by atoms with E-state index in [9.17, 15) is 0 Å². The van der Waals surface area contributed by atoms with Crippen LogP contribution in [0.25, 0.3) is 0 Å². The van der Waals surface area contributed by atoms with Crippen molar-refractivity contribution in [3.63, 3.8) is 0 Å². The molecule has 5 heteroatoms. The fraction of sp³-hybridized carbons (Fsp3) is 0.857. The van der Waals surface area contributed by atoms with Gasteiger partial charge in [0, 0.05) is 7.11 Å². The van der Waals surface area contributed by atoms with Crippen LogP contribution in [-0.2, 0) is 4.74 Å². The minimum atomic E-state index is -0.402. The lowest BCUT2D eigenvalue weighted by molar-refractivity contribution is 0.194. The van der Waals surface area contributed by atoms with Gasteiger partial charge in [-0.05, 0) is 5.44 Å². The second-order valence-corrected chi connectivity index (χ2v) is 7.36. The zero-order valence-electron chi connectivity index (χ0n) is 7.29. The van der Waals surface area contributed by atoms with Crippen molar-refractivity contribution in [3.05, 3.63) is 5.92 Å². The number of aliphatic hydroxyl groups is 1. The van der Waals surface area contributed by atoms with Gasteiger partial charge in [-0.2, -0.15) is 0 Å². The first-order valence-corrected chi connectivity index (χ1v) is 8.20. The summed E-state index contributed by atoms with van der Waals surface area (Å²) in [5.41, 5.74) is -0.402. The van der Waals surface area contributed by atoms with E-state index in [0.717, 1.165) is 25.6 Å². The lowest BCUT2D eigenvalue weighted by Crippen LogP contribution is -2.07. The predicted molar refractivity (Wildman–Crippen MR) is 63.0 cm³/mol. The Morgan fingerprint density at radius 3 is 2.67 bits per heavy atom. The van der Waals surface area contributed by atoms with Crippen molar-refractivity contribution in [3.8, 4) is 0 Å². The summed E-state index contributed by atoms with van der Waals surface area (Å²) < 4.78 is 4.96. The second kappa shape index (κ2) is 8.61. The third kappa shape index (κ3) is 7.65. The van der Waals surface area contributed by atoms with Crippen molar-refractivity contribution in [2.45, 2.75) is 12.8 Å². The first-order chi connectivity index (χ1) is 5.70. The van der Waals surface area contributed by atoms with Crippen LogP contribution in [0, 0.1) is 5.92 Å². The molecule has 0 bridgehead atoms. The number of ether oxygens (including phenoxy) is 1. The van der Waals surface area contributed by atoms with Gasteiger partial charge in [-0.15, -0.1) is 0 Å². The molecule has 0 aliphatic heterocycles. The molecule has 0 aromatic carbocycles. The summed E-state index contributed by atoms with van der Waals surface area (Å²) in [6, 6.07) is 0. The molecule has 2 nitrogen and oxygen atoms in total. The molecular weight excluding hydrogens is 285 g/mol. The first kappa shape index (κ1) is 13.0. The monoisotopic (exact) mass is 299 g/mol. The molecule has 2 radical (unpaired) electrons. The Morgan fingerprint density at radius 2 is 2.25 bits per heavy atom. The third-order valence-corrected chi connectivity index (χ3v) is 3.27. The van der Waals surface area contributed by atoms with Crippen molar-refractivity contribution in [2.24, 2.45) is 0 Å². The summed E-state index contributed by atoms with van der Waals surface area (Å²) in [6.07, 6.45) is 2.64. The van der Waals surface area contributed by atoms with E-state index in [0.29, 0.717) is 0 Å². The van der Waals surface area contributed by atoms with Crippen LogP contribution in [0.3, 0.4) is 0 Å². The molecule has 0 fully saturated rings. The van der Waals surface area contributed by atoms with E-state index >= 15 is 0 Å². The number of hydrogen-bond acceptors (Lipinski definition) is 2. The largest absolute Gasteiger partial charge is 0.392 e. The molecule has 1 atom stereocenters. The maximum absolute atomic E-state index is 8.75. The fourth-order valence-electron chi connectivity index (χ4n) is 0.901. The van der Waals surface area contributed by atoms with Gasteiger partial charge < -0.3 is 9.84 Å². The minimum absolute atomic E-state index is 0.221. The maximum atomic E-state index is 8.75. The van der Waals surface area contributed by atoms with Gasteiger partial charge in [0.2, 0.25) is 0 Å². The average molecular weight is 299 g/mol. The molecular formula is C7H14BIO2P+. The number of halogens is 1. The van der Waals surface area contributed by atoms with Crippen LogP contribution in [0.4, 0.5) is 0 Å². The van der Waals surface area contributed by atoms with Gasteiger partial charge in [-0.1, -0.05) is 22.0 Å². The summed E-state index contributed by atoms with van der Waals surface area (Å²) in [6.45, 7) is 0.952. The number of hydrogen-bond donors (Lipinski definition) is 1. The number of methoxy groups -OCH3 is 1. The highest BCUT2D eigenvalue weighted by Gasteiger charge is 2.20. The number of rotatable bonds is 7. The highest BCUT2D eigenvalue weighted by atomic mass is 127. The smallest absolute Gasteiger partial charge is 0.129 e. The Bertz CT molecular complexity index is 105. The Morgan fingerprint density at radius 1 is 1.58 bits per heavy atom. The summed E-state index contributed by atoms with van der Waals surface area (Å²) >= 11 is 2.25. The topological polar surface area (TPSA) is 29.5 Å². The Kier molecular flexibility index (Phi) is 9.33. The van der Waals surface area contributed by atoms with Gasteiger partial charge >= 0.3 is 0 Å². The molecule has 1 unspecified atom stereocenters. The summed E-state index contributed by atoms with van der Waals surface area (Å²) in [5, 5.41) is 8.75. The molecule has 0 aromatic rings. The fourth-order valence-corrected chi connectivity index (χ4v) is 3.09. The van der Waals surface area contributed by atoms with E-state index in [1.54, 1.807) is 7.11 Å². The zero-order chi connectivity index (χ0) is 9.40. The SMILES string of the molecule is [B]P(I)C[C+](CCO)CCOC. The molecule has 0 rings (SSSR count). The predicted octanol–water partition coefficient (Wildman–Crippen LogP) is 1.90. The lowest BCUT2D eigenvalue weighted by atomic mass is 10.1. The molecule has 68 valence electrons. The van der Waals surface area contributed by atoms with Crippen molar-refractivity contribution in [1.29, 1.82) is 0 Å². The van der Waals surface area contributed by atoms with Gasteiger partial charge in [-0.25, -0.2) is 0 Å². The maximum Gasteiger partial charge on any atom is 0.129 e. The third-order valence-electron chi connectivity index (χ3n) is 1.50. The van der Waals surface area contributed by atoms with Gasteiger partial charge in [0.1, 0.15) is 26.6 Å². The molecule has 0 aromatic heterocycles. The summed E-state index contributed by atoms with van der Waals surface area (Å²) in [7, 11) is 7.39. The molecule has 1 N–H and O–H groups in total. The van der Waals surface area contributed by atoms with Crippen LogP contribution >= 0.6 is 27.5 Å². The normalized spacial score (nSPS) is 12.9. The van der Waals surface area contributed by atoms with Gasteiger partial charge in [0.25, 0.3) is 0 Å². The summed E-state index contributed by atoms with van der Waals surface area (Å²) in [5.74, 6) is 1.32. The standard InChI is InChI=1S/C7H14BIO2P/c1-11-5-3-7(2-4-10)6-12(8)9/h10H,2-6H2,1H3/q+1. The highest BCUT2D eigenvalue weighted by molar-refractivity contribution is 14.2. The second-order valence-electron chi connectivity index (χ2n) is 2.52. The van der Waals surface area contributed by atoms with E-state index in [1.807, 2.05) is 0 Å². The van der Waals surface area contributed by atoms with Crippen molar-refractivity contribution in [1.82, 2.24) is 0 Å². The minimum Gasteiger partial charge on any atom is -0.392 e. The summed E-state index contributed by atoms with van der Waals surface area (Å²) in [4.78, 5) is 0. The molecule has 0 saturated carbocycles. The molecule has 12 heavy (non-hydrogen) atoms. The van der Waals surface area contributed by atoms with Crippen LogP contribution in [0.5, 0.6) is 0 Å². The van der Waals surface area contributed by atoms with Crippen LogP contribution in [0.15, 0.2) is 0 Å². The van der Waals surface area contributed by atoms with Crippen molar-refractivity contribution in [2.75, 3.05) is 26.5 Å². The Labute approximate surface area is 90.1 Å². The van der Waals surface area contributed by atoms with E-state index in [1.165, 1.54) is 5.92 Å². The lowest BCUT2D eigenvalue weighted by Gasteiger charge is -2.06. The highest BCUT2D eigenvalue weighted by Crippen LogP contribution is 2.42. The van der Waals surface area contributed by atoms with Crippen LogP contribution < -0.4 is 0 Å². The Balaban J connectivity index is 3.54. The van der Waals surface area contributed by atoms with E-state index in [4.69, 9.17) is 17.4 Å². The first-order valence-electron chi connectivity index (χ1n) is 3.82. The van der Waals surface area contributed by atoms with E-state index < -0.39 is 5.44 Å². The van der Waals surface area contributed by atoms with Gasteiger partial charge in [0.15, 0.2) is 0 Å². The van der Waals surface area contributed by atoms with Crippen molar-refractivity contribution < 1.29 is 9.84 Å². The zero-order valence-corrected chi connectivity index (χ0v) is 10.3. The van der Waals surface area contributed by atoms with Crippen LogP contribution in [0.2, 0.25) is 0 Å². The van der Waals surface area contributed by atoms with E-state index in [2.05, 4.69) is 22.0 Å². The van der Waals surface area contributed by atoms with Crippen LogP contribution in [-0.4, -0.2) is 39.2 Å². The van der Waals surface area contributed by atoms with Crippen molar-refractivity contribution >= 4 is 35.0 Å². The molecule has 0 saturated heterocycles. The molecule has 0 aliphatic carbocycles. The quantitative estimate of drug-likeness (QED) is 0.337. The molecule has 0 spiro atoms. The van der Waals surface area contributed by atoms with Crippen LogP contribution in [0.1, 0.15) is 12.8 Å². The van der Waals surface area contributed by atoms with E-state index in [-0.39, 0.29) is 6.61 Å². The Hall–Kier alpha value is 1.01. The number of aliphatic hydroxyl groups excluding tert-OH is 1. The van der Waals surface area contributed by atoms with Gasteiger partial charge in [-0.3, -0.25) is 0 Å². The molecule has 0 aliphatic rings.